The van der Waals surface area contributed by atoms with Crippen LogP contribution >= 0.6 is 22.9 Å². The number of hydrogen-bond acceptors (Lipinski definition) is 6. The Hall–Kier alpha value is -1.52. The molecule has 2 aromatic rings. The largest absolute Gasteiger partial charge is 0.379 e. The van der Waals surface area contributed by atoms with Crippen LogP contribution in [0.3, 0.4) is 0 Å². The topological polar surface area (TPSA) is 88.6 Å². The Balaban J connectivity index is 1.74. The second-order valence-corrected chi connectivity index (χ2v) is 9.92. The van der Waals surface area contributed by atoms with Gasteiger partial charge in [-0.25, -0.2) is 13.4 Å². The van der Waals surface area contributed by atoms with E-state index in [1.54, 1.807) is 6.07 Å². The molecule has 1 amide bonds. The van der Waals surface area contributed by atoms with Crippen LogP contribution in [-0.4, -0.2) is 49.9 Å². The molecule has 1 N–H and O–H groups in total. The fourth-order valence-corrected chi connectivity index (χ4v) is 5.49. The van der Waals surface area contributed by atoms with Crippen LogP contribution in [0.2, 0.25) is 5.02 Å². The van der Waals surface area contributed by atoms with Crippen molar-refractivity contribution in [2.45, 2.75) is 31.1 Å². The van der Waals surface area contributed by atoms with Crippen molar-refractivity contribution in [2.75, 3.05) is 31.6 Å². The lowest BCUT2D eigenvalue weighted by atomic mass is 10.2. The normalized spacial score (nSPS) is 15.7. The molecule has 1 aromatic carbocycles. The van der Waals surface area contributed by atoms with E-state index in [9.17, 15) is 13.2 Å². The highest BCUT2D eigenvalue weighted by molar-refractivity contribution is 7.89. The zero-order valence-corrected chi connectivity index (χ0v) is 18.0. The quantitative estimate of drug-likeness (QED) is 0.740. The van der Waals surface area contributed by atoms with E-state index in [-0.39, 0.29) is 35.3 Å². The number of amides is 1. The molecule has 152 valence electrons. The molecule has 0 saturated carbocycles. The number of benzene rings is 1. The summed E-state index contributed by atoms with van der Waals surface area (Å²) in [6.45, 7) is 5.34. The zero-order chi connectivity index (χ0) is 20.3. The molecule has 10 heteroatoms. The minimum Gasteiger partial charge on any atom is -0.379 e. The lowest BCUT2D eigenvalue weighted by Crippen LogP contribution is -2.40. The molecule has 0 atom stereocenters. The molecule has 0 bridgehead atoms. The minimum atomic E-state index is -3.76. The molecule has 3 rings (SSSR count). The van der Waals surface area contributed by atoms with Crippen LogP contribution < -0.4 is 5.32 Å². The molecule has 28 heavy (non-hydrogen) atoms. The maximum atomic E-state index is 12.9. The molecule has 1 aliphatic rings. The molecule has 1 saturated heterocycles. The lowest BCUT2D eigenvalue weighted by Gasteiger charge is -2.26. The van der Waals surface area contributed by atoms with Gasteiger partial charge in [-0.3, -0.25) is 4.79 Å². The summed E-state index contributed by atoms with van der Waals surface area (Å²) < 4.78 is 32.3. The number of anilines is 1. The summed E-state index contributed by atoms with van der Waals surface area (Å²) in [4.78, 5) is 16.8. The summed E-state index contributed by atoms with van der Waals surface area (Å²) in [5.74, 6) is 0.0451. The van der Waals surface area contributed by atoms with Gasteiger partial charge in [-0.15, -0.1) is 11.3 Å². The summed E-state index contributed by atoms with van der Waals surface area (Å²) in [6, 6.07) is 4.45. The first-order valence-electron chi connectivity index (χ1n) is 8.89. The Morgan fingerprint density at radius 2 is 2.07 bits per heavy atom. The van der Waals surface area contributed by atoms with Gasteiger partial charge in [-0.1, -0.05) is 25.4 Å². The molecule has 2 heterocycles. The summed E-state index contributed by atoms with van der Waals surface area (Å²) in [6.07, 6.45) is 0.122. The van der Waals surface area contributed by atoms with Gasteiger partial charge in [0, 0.05) is 30.1 Å². The number of nitrogens with one attached hydrogen (secondary N) is 1. The zero-order valence-electron chi connectivity index (χ0n) is 15.6. The highest BCUT2D eigenvalue weighted by Gasteiger charge is 2.28. The van der Waals surface area contributed by atoms with Crippen LogP contribution in [0, 0.1) is 0 Å². The van der Waals surface area contributed by atoms with Crippen molar-refractivity contribution in [3.8, 4) is 0 Å². The molecule has 1 fully saturated rings. The molecule has 7 nitrogen and oxygen atoms in total. The van der Waals surface area contributed by atoms with Gasteiger partial charge in [-0.05, 0) is 18.2 Å². The number of rotatable bonds is 6. The Labute approximate surface area is 173 Å². The van der Waals surface area contributed by atoms with Crippen molar-refractivity contribution in [1.82, 2.24) is 9.29 Å². The second kappa shape index (κ2) is 8.87. The Morgan fingerprint density at radius 1 is 1.36 bits per heavy atom. The smallest absolute Gasteiger partial charge is 0.244 e. The number of carbonyl (C=O) groups is 1. The highest BCUT2D eigenvalue weighted by atomic mass is 35.5. The third kappa shape index (κ3) is 4.90. The average molecular weight is 444 g/mol. The van der Waals surface area contributed by atoms with Crippen molar-refractivity contribution in [2.24, 2.45) is 0 Å². The first-order valence-corrected chi connectivity index (χ1v) is 11.6. The summed E-state index contributed by atoms with van der Waals surface area (Å²) >= 11 is 7.67. The fraction of sp³-hybridized carbons (Fsp3) is 0.444. The van der Waals surface area contributed by atoms with Crippen LogP contribution in [-0.2, 0) is 26.0 Å². The van der Waals surface area contributed by atoms with Gasteiger partial charge in [0.05, 0.1) is 35.4 Å². The van der Waals surface area contributed by atoms with Crippen LogP contribution in [0.25, 0.3) is 0 Å². The van der Waals surface area contributed by atoms with E-state index in [1.165, 1.54) is 27.8 Å². The summed E-state index contributed by atoms with van der Waals surface area (Å²) in [7, 11) is -3.76. The maximum absolute atomic E-state index is 12.9. The lowest BCUT2D eigenvalue weighted by molar-refractivity contribution is -0.115. The number of hydrogen-bond donors (Lipinski definition) is 1. The average Bonchev–Trinajstić information content (AvgIpc) is 3.12. The van der Waals surface area contributed by atoms with Crippen molar-refractivity contribution >= 4 is 44.6 Å². The van der Waals surface area contributed by atoms with Crippen molar-refractivity contribution in [3.05, 3.63) is 39.3 Å². The third-order valence-electron chi connectivity index (χ3n) is 4.21. The van der Waals surface area contributed by atoms with Crippen LogP contribution in [0.5, 0.6) is 0 Å². The number of nitrogens with zero attached hydrogens (tertiary/aromatic N) is 2. The predicted molar refractivity (Wildman–Crippen MR) is 110 cm³/mol. The molecular formula is C18H22ClN3O4S2. The van der Waals surface area contributed by atoms with Crippen LogP contribution in [0.15, 0.2) is 28.5 Å². The van der Waals surface area contributed by atoms with E-state index in [0.717, 1.165) is 5.01 Å². The maximum Gasteiger partial charge on any atom is 0.244 e. The summed E-state index contributed by atoms with van der Waals surface area (Å²) in [5.41, 5.74) is 1.07. The molecule has 1 aromatic heterocycles. The minimum absolute atomic E-state index is 0.0235. The van der Waals surface area contributed by atoms with Gasteiger partial charge in [0.15, 0.2) is 0 Å². The molecule has 0 aliphatic carbocycles. The Morgan fingerprint density at radius 3 is 2.71 bits per heavy atom. The Bertz CT molecular complexity index is 953. The third-order valence-corrected chi connectivity index (χ3v) is 7.78. The van der Waals surface area contributed by atoms with Crippen LogP contribution in [0.4, 0.5) is 5.69 Å². The number of ether oxygens (including phenoxy) is 1. The van der Waals surface area contributed by atoms with Crippen molar-refractivity contribution in [3.63, 3.8) is 0 Å². The van der Waals surface area contributed by atoms with E-state index in [1.807, 2.05) is 19.2 Å². The molecule has 0 spiro atoms. The first kappa shape index (κ1) is 21.2. The number of aromatic nitrogens is 1. The van der Waals surface area contributed by atoms with Crippen LogP contribution in [0.1, 0.15) is 30.5 Å². The van der Waals surface area contributed by atoms with E-state index in [4.69, 9.17) is 16.3 Å². The second-order valence-electron chi connectivity index (χ2n) is 6.72. The van der Waals surface area contributed by atoms with Gasteiger partial charge in [0.2, 0.25) is 15.9 Å². The molecule has 0 unspecified atom stereocenters. The highest BCUT2D eigenvalue weighted by Crippen LogP contribution is 2.28. The number of morpholine rings is 1. The number of halogens is 1. The van der Waals surface area contributed by atoms with Gasteiger partial charge >= 0.3 is 0 Å². The predicted octanol–water partition coefficient (Wildman–Crippen LogP) is 3.12. The van der Waals surface area contributed by atoms with Crippen molar-refractivity contribution in [1.29, 1.82) is 0 Å². The van der Waals surface area contributed by atoms with E-state index >= 15 is 0 Å². The fourth-order valence-electron chi connectivity index (χ4n) is 2.74. The van der Waals surface area contributed by atoms with Crippen molar-refractivity contribution < 1.29 is 17.9 Å². The van der Waals surface area contributed by atoms with Gasteiger partial charge < -0.3 is 10.1 Å². The number of carbonyl (C=O) groups excluding carboxylic acids is 1. The van der Waals surface area contributed by atoms with E-state index < -0.39 is 10.0 Å². The SMILES string of the molecule is CC(C)c1nc(CC(=O)Nc2ccc(Cl)c(S(=O)(=O)N3CCOCC3)c2)cs1. The molecule has 1 aliphatic heterocycles. The standard InChI is InChI=1S/C18H22ClN3O4S2/c1-12(2)18-21-14(11-27-18)10-17(23)20-13-3-4-15(19)16(9-13)28(24,25)22-5-7-26-8-6-22/h3-4,9,11-12H,5-8,10H2,1-2H3,(H,20,23). The number of thiazole rings is 1. The molecule has 0 radical (unpaired) electrons. The first-order chi connectivity index (χ1) is 13.3. The molecular weight excluding hydrogens is 422 g/mol. The van der Waals surface area contributed by atoms with Gasteiger partial charge in [-0.2, -0.15) is 4.31 Å². The van der Waals surface area contributed by atoms with E-state index in [2.05, 4.69) is 10.3 Å². The van der Waals surface area contributed by atoms with Gasteiger partial charge in [0.25, 0.3) is 0 Å². The Kier molecular flexibility index (Phi) is 6.72. The summed E-state index contributed by atoms with van der Waals surface area (Å²) in [5, 5.41) is 5.69. The van der Waals surface area contributed by atoms with E-state index in [0.29, 0.717) is 30.5 Å². The van der Waals surface area contributed by atoms with Gasteiger partial charge in [0.1, 0.15) is 4.90 Å². The number of sulfonamides is 1. The monoisotopic (exact) mass is 443 g/mol.